The first-order valence-corrected chi connectivity index (χ1v) is 9.52. The van der Waals surface area contributed by atoms with Gasteiger partial charge in [-0.1, -0.05) is 0 Å². The van der Waals surface area contributed by atoms with Gasteiger partial charge < -0.3 is 10.1 Å². The topological polar surface area (TPSA) is 64.9 Å². The second-order valence-electron chi connectivity index (χ2n) is 7.77. The molecule has 2 fully saturated rings. The fourth-order valence-corrected chi connectivity index (χ4v) is 3.72. The lowest BCUT2D eigenvalue weighted by atomic mass is 9.84. The maximum atomic E-state index is 13.4. The molecular formula is C19H25F2N5O. The van der Waals surface area contributed by atoms with Crippen LogP contribution in [0.5, 0.6) is 0 Å². The third-order valence-electron chi connectivity index (χ3n) is 5.29. The van der Waals surface area contributed by atoms with Gasteiger partial charge in [0.2, 0.25) is 5.92 Å². The number of rotatable bonds is 5. The maximum Gasteiger partial charge on any atom is 0.252 e. The first-order chi connectivity index (χ1) is 12.9. The molecule has 1 saturated carbocycles. The quantitative estimate of drug-likeness (QED) is 0.865. The van der Waals surface area contributed by atoms with Gasteiger partial charge in [-0.25, -0.2) is 18.4 Å². The number of halogens is 2. The van der Waals surface area contributed by atoms with Gasteiger partial charge in [0.25, 0.3) is 5.95 Å². The number of aromatic nitrogens is 4. The molecule has 27 heavy (non-hydrogen) atoms. The van der Waals surface area contributed by atoms with Crippen LogP contribution >= 0.6 is 0 Å². The predicted molar refractivity (Wildman–Crippen MR) is 97.5 cm³/mol. The average Bonchev–Trinajstić information content (AvgIpc) is 2.91. The van der Waals surface area contributed by atoms with E-state index in [1.54, 1.807) is 4.68 Å². The van der Waals surface area contributed by atoms with Crippen molar-refractivity contribution in [1.29, 1.82) is 0 Å². The summed E-state index contributed by atoms with van der Waals surface area (Å²) in [5.41, 5.74) is 2.73. The Morgan fingerprint density at radius 2 is 1.93 bits per heavy atom. The Hall–Kier alpha value is -2.09. The fourth-order valence-electron chi connectivity index (χ4n) is 3.72. The first kappa shape index (κ1) is 18.3. The Bertz CT molecular complexity index is 808. The van der Waals surface area contributed by atoms with Gasteiger partial charge in [-0.3, -0.25) is 0 Å². The number of alkyl halides is 2. The highest BCUT2D eigenvalue weighted by molar-refractivity contribution is 5.41. The van der Waals surface area contributed by atoms with Gasteiger partial charge >= 0.3 is 0 Å². The number of nitrogens with zero attached hydrogens (tertiary/aromatic N) is 4. The molecule has 6 nitrogen and oxygen atoms in total. The van der Waals surface area contributed by atoms with Crippen molar-refractivity contribution in [2.75, 3.05) is 18.5 Å². The number of nitrogens with one attached hydrogen (secondary N) is 1. The molecular weight excluding hydrogens is 352 g/mol. The van der Waals surface area contributed by atoms with Gasteiger partial charge in [-0.15, -0.1) is 0 Å². The second-order valence-corrected chi connectivity index (χ2v) is 7.77. The molecule has 0 unspecified atom stereocenters. The molecule has 1 aliphatic heterocycles. The van der Waals surface area contributed by atoms with Crippen molar-refractivity contribution in [2.24, 2.45) is 5.92 Å². The minimum absolute atomic E-state index is 0.0302. The minimum Gasteiger partial charge on any atom is -0.377 e. The number of anilines is 1. The number of ether oxygens (including phenoxy) is 1. The van der Waals surface area contributed by atoms with E-state index < -0.39 is 5.92 Å². The molecule has 2 aliphatic rings. The normalized spacial score (nSPS) is 20.4. The summed E-state index contributed by atoms with van der Waals surface area (Å²) in [7, 11) is 0. The zero-order valence-corrected chi connectivity index (χ0v) is 15.7. The predicted octanol–water partition coefficient (Wildman–Crippen LogP) is 3.46. The summed E-state index contributed by atoms with van der Waals surface area (Å²) in [6.07, 6.45) is 1.69. The Balaban J connectivity index is 1.58. The van der Waals surface area contributed by atoms with Crippen molar-refractivity contribution in [1.82, 2.24) is 19.7 Å². The van der Waals surface area contributed by atoms with Crippen molar-refractivity contribution in [3.8, 4) is 5.95 Å². The number of aryl methyl sites for hydroxylation is 2. The standard InChI is InChI=1S/C19H25F2N5O/c1-12-7-13(2)26(25-12)18-23-15(8-14-3-5-19(20,21)6-4-14)9-17(24-18)22-16-10-27-11-16/h7,9,14,16H,3-6,8,10-11H2,1-2H3,(H,22,23,24). The van der Waals surface area contributed by atoms with Crippen LogP contribution in [-0.2, 0) is 11.2 Å². The molecule has 2 aromatic heterocycles. The molecule has 0 aromatic carbocycles. The summed E-state index contributed by atoms with van der Waals surface area (Å²) in [5, 5.41) is 7.85. The van der Waals surface area contributed by atoms with Gasteiger partial charge in [-0.05, 0) is 45.1 Å². The average molecular weight is 377 g/mol. The molecule has 2 aromatic rings. The molecule has 8 heteroatoms. The lowest BCUT2D eigenvalue weighted by molar-refractivity contribution is -0.0457. The molecule has 146 valence electrons. The summed E-state index contributed by atoms with van der Waals surface area (Å²) < 4.78 is 33.8. The highest BCUT2D eigenvalue weighted by Gasteiger charge is 2.35. The molecule has 0 radical (unpaired) electrons. The summed E-state index contributed by atoms with van der Waals surface area (Å²) >= 11 is 0. The molecule has 4 rings (SSSR count). The summed E-state index contributed by atoms with van der Waals surface area (Å²) in [4.78, 5) is 9.31. The van der Waals surface area contributed by atoms with Gasteiger partial charge in [0.1, 0.15) is 5.82 Å². The van der Waals surface area contributed by atoms with Crippen molar-refractivity contribution in [2.45, 2.75) is 57.9 Å². The van der Waals surface area contributed by atoms with Crippen molar-refractivity contribution in [3.63, 3.8) is 0 Å². The van der Waals surface area contributed by atoms with E-state index in [-0.39, 0.29) is 24.8 Å². The zero-order valence-electron chi connectivity index (χ0n) is 15.7. The Morgan fingerprint density at radius 3 is 2.52 bits per heavy atom. The SMILES string of the molecule is Cc1cc(C)n(-c2nc(CC3CCC(F)(F)CC3)cc(NC3COC3)n2)n1. The van der Waals surface area contributed by atoms with Gasteiger partial charge in [0.15, 0.2) is 0 Å². The molecule has 1 aliphatic carbocycles. The van der Waals surface area contributed by atoms with Crippen LogP contribution in [0.15, 0.2) is 12.1 Å². The summed E-state index contributed by atoms with van der Waals surface area (Å²) in [5.74, 6) is -1.03. The lowest BCUT2D eigenvalue weighted by Gasteiger charge is -2.29. The minimum atomic E-state index is -2.51. The van der Waals surface area contributed by atoms with E-state index in [0.29, 0.717) is 38.4 Å². The van der Waals surface area contributed by atoms with E-state index in [4.69, 9.17) is 9.72 Å². The van der Waals surface area contributed by atoms with Crippen LogP contribution in [0.1, 0.15) is 42.8 Å². The molecule has 0 atom stereocenters. The van der Waals surface area contributed by atoms with Gasteiger partial charge in [-0.2, -0.15) is 10.1 Å². The number of hydrogen-bond acceptors (Lipinski definition) is 5. The van der Waals surface area contributed by atoms with E-state index in [9.17, 15) is 8.78 Å². The van der Waals surface area contributed by atoms with Crippen LogP contribution < -0.4 is 5.32 Å². The molecule has 1 saturated heterocycles. The molecule has 0 bridgehead atoms. The second kappa shape index (κ2) is 7.14. The van der Waals surface area contributed by atoms with Crippen molar-refractivity contribution < 1.29 is 13.5 Å². The van der Waals surface area contributed by atoms with Crippen LogP contribution in [0.25, 0.3) is 5.95 Å². The van der Waals surface area contributed by atoms with Crippen LogP contribution in [0.4, 0.5) is 14.6 Å². The highest BCUT2D eigenvalue weighted by atomic mass is 19.3. The summed E-state index contributed by atoms with van der Waals surface area (Å²) in [6, 6.07) is 4.15. The molecule has 3 heterocycles. The van der Waals surface area contributed by atoms with Crippen molar-refractivity contribution >= 4 is 5.82 Å². The highest BCUT2D eigenvalue weighted by Crippen LogP contribution is 2.37. The largest absolute Gasteiger partial charge is 0.377 e. The van der Waals surface area contributed by atoms with Crippen LogP contribution in [0.3, 0.4) is 0 Å². The van der Waals surface area contributed by atoms with Gasteiger partial charge in [0.05, 0.1) is 24.9 Å². The fraction of sp³-hybridized carbons (Fsp3) is 0.632. The van der Waals surface area contributed by atoms with E-state index in [1.165, 1.54) is 0 Å². The van der Waals surface area contributed by atoms with E-state index in [2.05, 4.69) is 15.4 Å². The van der Waals surface area contributed by atoms with E-state index in [0.717, 1.165) is 22.9 Å². The maximum absolute atomic E-state index is 13.4. The Labute approximate surface area is 157 Å². The van der Waals surface area contributed by atoms with Crippen LogP contribution in [0, 0.1) is 19.8 Å². The molecule has 0 amide bonds. The first-order valence-electron chi connectivity index (χ1n) is 9.52. The van der Waals surface area contributed by atoms with Crippen molar-refractivity contribution in [3.05, 3.63) is 29.2 Å². The third-order valence-corrected chi connectivity index (χ3v) is 5.29. The van der Waals surface area contributed by atoms with Gasteiger partial charge in [0, 0.05) is 30.3 Å². The monoisotopic (exact) mass is 377 g/mol. The van der Waals surface area contributed by atoms with E-state index in [1.807, 2.05) is 26.0 Å². The van der Waals surface area contributed by atoms with Crippen LogP contribution in [-0.4, -0.2) is 44.9 Å². The smallest absolute Gasteiger partial charge is 0.252 e. The lowest BCUT2D eigenvalue weighted by Crippen LogP contribution is -2.40. The zero-order chi connectivity index (χ0) is 19.0. The Morgan fingerprint density at radius 1 is 1.19 bits per heavy atom. The number of hydrogen-bond donors (Lipinski definition) is 1. The molecule has 1 N–H and O–H groups in total. The Kier molecular flexibility index (Phi) is 4.84. The van der Waals surface area contributed by atoms with Crippen LogP contribution in [0.2, 0.25) is 0 Å². The van der Waals surface area contributed by atoms with E-state index >= 15 is 0 Å². The molecule has 0 spiro atoms. The summed E-state index contributed by atoms with van der Waals surface area (Å²) in [6.45, 7) is 5.21. The third kappa shape index (κ3) is 4.26.